The molecule has 2 aliphatic heterocycles. The number of hydrogen-bond acceptors (Lipinski definition) is 5. The fraction of sp³-hybridized carbons (Fsp3) is 0.273. The van der Waals surface area contributed by atoms with Gasteiger partial charge in [0.25, 0.3) is 11.8 Å². The van der Waals surface area contributed by atoms with E-state index >= 15 is 0 Å². The number of hydrogen-bond donors (Lipinski definition) is 0. The molecule has 7 nitrogen and oxygen atoms in total. The van der Waals surface area contributed by atoms with E-state index in [0.29, 0.717) is 18.7 Å². The number of imide groups is 1. The summed E-state index contributed by atoms with van der Waals surface area (Å²) in [5, 5.41) is 0. The molecule has 4 rings (SSSR count). The van der Waals surface area contributed by atoms with Crippen LogP contribution in [0.3, 0.4) is 0 Å². The average Bonchev–Trinajstić information content (AvgIpc) is 3.00. The third-order valence-electron chi connectivity index (χ3n) is 5.26. The zero-order chi connectivity index (χ0) is 20.2. The molecule has 0 spiro atoms. The van der Waals surface area contributed by atoms with Gasteiger partial charge >= 0.3 is 0 Å². The molecule has 29 heavy (non-hydrogen) atoms. The summed E-state index contributed by atoms with van der Waals surface area (Å²) in [6, 6.07) is 11.6. The van der Waals surface area contributed by atoms with Gasteiger partial charge in [-0.15, -0.1) is 0 Å². The Bertz CT molecular complexity index is 915. The molecule has 3 amide bonds. The van der Waals surface area contributed by atoms with Crippen molar-refractivity contribution in [1.29, 1.82) is 0 Å². The molecule has 1 aromatic heterocycles. The minimum atomic E-state index is -0.448. The molecule has 0 unspecified atom stereocenters. The monoisotopic (exact) mass is 390 g/mol. The summed E-state index contributed by atoms with van der Waals surface area (Å²) in [7, 11) is 0. The van der Waals surface area contributed by atoms with Crippen LogP contribution in [0.5, 0.6) is 0 Å². The van der Waals surface area contributed by atoms with E-state index in [9.17, 15) is 14.4 Å². The lowest BCUT2D eigenvalue weighted by molar-refractivity contribution is -0.133. The van der Waals surface area contributed by atoms with Crippen molar-refractivity contribution in [3.05, 3.63) is 71.6 Å². The van der Waals surface area contributed by atoms with Gasteiger partial charge in [0.05, 0.1) is 11.1 Å². The van der Waals surface area contributed by atoms with Gasteiger partial charge in [0.2, 0.25) is 5.91 Å². The van der Waals surface area contributed by atoms with Crippen molar-refractivity contribution in [2.45, 2.75) is 0 Å². The molecular formula is C22H22N4O3. The molecule has 3 heterocycles. The smallest absolute Gasteiger partial charge is 0.263 e. The van der Waals surface area contributed by atoms with Crippen molar-refractivity contribution in [1.82, 2.24) is 19.7 Å². The first-order valence-electron chi connectivity index (χ1n) is 9.65. The maximum atomic E-state index is 12.6. The first kappa shape index (κ1) is 19.0. The molecule has 0 radical (unpaired) electrons. The van der Waals surface area contributed by atoms with Gasteiger partial charge in [0.15, 0.2) is 0 Å². The zero-order valence-electron chi connectivity index (χ0n) is 16.0. The Hall–Kier alpha value is -3.32. The van der Waals surface area contributed by atoms with Gasteiger partial charge in [0, 0.05) is 45.1 Å². The van der Waals surface area contributed by atoms with Crippen molar-refractivity contribution < 1.29 is 14.4 Å². The minimum absolute atomic E-state index is 0.202. The van der Waals surface area contributed by atoms with Gasteiger partial charge in [-0.3, -0.25) is 29.2 Å². The molecule has 2 aliphatic rings. The quantitative estimate of drug-likeness (QED) is 0.724. The summed E-state index contributed by atoms with van der Waals surface area (Å²) in [6.07, 6.45) is 7.07. The number of rotatable bonds is 5. The maximum Gasteiger partial charge on any atom is 0.263 e. The SMILES string of the molecule is O=C(CN1C(=O)c2ccncc2C1=O)N1CCN(CC=Cc2ccccc2)CC1. The van der Waals surface area contributed by atoms with Crippen LogP contribution in [0.4, 0.5) is 0 Å². The molecular weight excluding hydrogens is 368 g/mol. The third-order valence-corrected chi connectivity index (χ3v) is 5.26. The Balaban J connectivity index is 1.27. The largest absolute Gasteiger partial charge is 0.339 e. The van der Waals surface area contributed by atoms with E-state index in [1.165, 1.54) is 18.5 Å². The molecule has 148 valence electrons. The van der Waals surface area contributed by atoms with E-state index < -0.39 is 11.8 Å². The van der Waals surface area contributed by atoms with Crippen molar-refractivity contribution in [3.8, 4) is 0 Å². The van der Waals surface area contributed by atoms with Crippen molar-refractivity contribution in [3.63, 3.8) is 0 Å². The maximum absolute atomic E-state index is 12.6. The lowest BCUT2D eigenvalue weighted by Crippen LogP contribution is -2.51. The number of amides is 3. The highest BCUT2D eigenvalue weighted by atomic mass is 16.2. The standard InChI is InChI=1S/C22H22N4O3/c27-20(16-26-21(28)18-8-9-23-15-19(18)22(26)29)25-13-11-24(12-14-25)10-4-7-17-5-2-1-3-6-17/h1-9,15H,10-14,16H2. The van der Waals surface area contributed by atoms with Crippen molar-refractivity contribution in [2.24, 2.45) is 0 Å². The molecule has 1 fully saturated rings. The summed E-state index contributed by atoms with van der Waals surface area (Å²) in [5.74, 6) is -1.08. The summed E-state index contributed by atoms with van der Waals surface area (Å²) in [6.45, 7) is 3.29. The van der Waals surface area contributed by atoms with E-state index in [2.05, 4.69) is 34.2 Å². The topological polar surface area (TPSA) is 73.8 Å². The number of pyridine rings is 1. The van der Waals surface area contributed by atoms with Gasteiger partial charge in [-0.1, -0.05) is 42.5 Å². The molecule has 0 bridgehead atoms. The van der Waals surface area contributed by atoms with Gasteiger partial charge in [-0.2, -0.15) is 0 Å². The van der Waals surface area contributed by atoms with E-state index in [1.54, 1.807) is 4.90 Å². The van der Waals surface area contributed by atoms with Crippen LogP contribution in [0.25, 0.3) is 6.08 Å². The predicted octanol–water partition coefficient (Wildman–Crippen LogP) is 1.54. The number of carbonyl (C=O) groups is 3. The minimum Gasteiger partial charge on any atom is -0.339 e. The van der Waals surface area contributed by atoms with Crippen LogP contribution in [0.15, 0.2) is 54.9 Å². The van der Waals surface area contributed by atoms with Crippen LogP contribution in [-0.4, -0.2) is 76.7 Å². The van der Waals surface area contributed by atoms with Gasteiger partial charge < -0.3 is 4.90 Å². The molecule has 1 saturated heterocycles. The summed E-state index contributed by atoms with van der Waals surface area (Å²) in [4.78, 5) is 46.3. The van der Waals surface area contributed by atoms with Crippen LogP contribution < -0.4 is 0 Å². The Labute approximate surface area is 169 Å². The van der Waals surface area contributed by atoms with Crippen molar-refractivity contribution in [2.75, 3.05) is 39.3 Å². The molecule has 0 N–H and O–H groups in total. The Morgan fingerprint density at radius 1 is 0.966 bits per heavy atom. The van der Waals surface area contributed by atoms with Crippen LogP contribution >= 0.6 is 0 Å². The van der Waals surface area contributed by atoms with Gasteiger partial charge in [-0.05, 0) is 11.6 Å². The van der Waals surface area contributed by atoms with E-state index in [0.717, 1.165) is 30.1 Å². The lowest BCUT2D eigenvalue weighted by Gasteiger charge is -2.34. The lowest BCUT2D eigenvalue weighted by atomic mass is 10.2. The number of fused-ring (bicyclic) bond motifs is 1. The number of benzene rings is 1. The zero-order valence-corrected chi connectivity index (χ0v) is 16.0. The molecule has 0 saturated carbocycles. The second kappa shape index (κ2) is 8.36. The first-order valence-corrected chi connectivity index (χ1v) is 9.65. The normalized spacial score (nSPS) is 17.2. The highest BCUT2D eigenvalue weighted by molar-refractivity contribution is 6.22. The molecule has 0 aliphatic carbocycles. The van der Waals surface area contributed by atoms with Crippen LogP contribution in [0, 0.1) is 0 Å². The Kier molecular flexibility index (Phi) is 5.48. The summed E-state index contributed by atoms with van der Waals surface area (Å²) in [5.41, 5.74) is 1.74. The van der Waals surface area contributed by atoms with E-state index in [4.69, 9.17) is 0 Å². The molecule has 7 heteroatoms. The summed E-state index contributed by atoms with van der Waals surface area (Å²) < 4.78 is 0. The second-order valence-corrected chi connectivity index (χ2v) is 7.11. The first-order chi connectivity index (χ1) is 14.1. The van der Waals surface area contributed by atoms with E-state index in [1.807, 2.05) is 18.2 Å². The molecule has 2 aromatic rings. The van der Waals surface area contributed by atoms with E-state index in [-0.39, 0.29) is 18.0 Å². The summed E-state index contributed by atoms with van der Waals surface area (Å²) >= 11 is 0. The number of nitrogens with zero attached hydrogens (tertiary/aromatic N) is 4. The average molecular weight is 390 g/mol. The Morgan fingerprint density at radius 3 is 2.41 bits per heavy atom. The predicted molar refractivity (Wildman–Crippen MR) is 108 cm³/mol. The second-order valence-electron chi connectivity index (χ2n) is 7.11. The number of carbonyl (C=O) groups excluding carboxylic acids is 3. The van der Waals surface area contributed by atoms with Crippen LogP contribution in [0.1, 0.15) is 26.3 Å². The van der Waals surface area contributed by atoms with Crippen LogP contribution in [0.2, 0.25) is 0 Å². The van der Waals surface area contributed by atoms with Crippen molar-refractivity contribution >= 4 is 23.8 Å². The third kappa shape index (κ3) is 4.09. The fourth-order valence-electron chi connectivity index (χ4n) is 3.60. The highest BCUT2D eigenvalue weighted by Gasteiger charge is 2.37. The molecule has 0 atom stereocenters. The van der Waals surface area contributed by atoms with Gasteiger partial charge in [-0.25, -0.2) is 0 Å². The van der Waals surface area contributed by atoms with Gasteiger partial charge in [0.1, 0.15) is 6.54 Å². The number of piperazine rings is 1. The fourth-order valence-corrected chi connectivity index (χ4v) is 3.60. The van der Waals surface area contributed by atoms with Crippen LogP contribution in [-0.2, 0) is 4.79 Å². The highest BCUT2D eigenvalue weighted by Crippen LogP contribution is 2.21. The molecule has 1 aromatic carbocycles. The Morgan fingerprint density at radius 2 is 1.69 bits per heavy atom. The number of aromatic nitrogens is 1.